The third-order valence-corrected chi connectivity index (χ3v) is 6.92. The summed E-state index contributed by atoms with van der Waals surface area (Å²) in [7, 11) is 1.67. The van der Waals surface area contributed by atoms with Gasteiger partial charge in [-0.2, -0.15) is 0 Å². The Morgan fingerprint density at radius 2 is 1.80 bits per heavy atom. The highest BCUT2D eigenvalue weighted by atomic mass is 16.5. The Hall–Kier alpha value is -4.26. The monoisotopic (exact) mass is 555 g/mol. The van der Waals surface area contributed by atoms with Crippen molar-refractivity contribution in [1.29, 1.82) is 0 Å². The molecule has 3 aromatic carbocycles. The van der Waals surface area contributed by atoms with Crippen LogP contribution in [0.2, 0.25) is 0 Å². The second-order valence-corrected chi connectivity index (χ2v) is 10.1. The Bertz CT molecular complexity index is 1470. The van der Waals surface area contributed by atoms with E-state index in [1.165, 1.54) is 0 Å². The van der Waals surface area contributed by atoms with Gasteiger partial charge >= 0.3 is 0 Å². The number of carbonyl (C=O) groups is 1. The van der Waals surface area contributed by atoms with Crippen molar-refractivity contribution in [1.82, 2.24) is 14.9 Å². The summed E-state index contributed by atoms with van der Waals surface area (Å²) < 4.78 is 19.6. The summed E-state index contributed by atoms with van der Waals surface area (Å²) in [6, 6.07) is 20.2. The van der Waals surface area contributed by atoms with Crippen molar-refractivity contribution in [2.45, 2.75) is 53.0 Å². The Morgan fingerprint density at radius 1 is 0.951 bits per heavy atom. The lowest BCUT2D eigenvalue weighted by atomic mass is 10.1. The molecular formula is C34H41N3O4. The number of amides is 1. The quantitative estimate of drug-likeness (QED) is 0.166. The molecule has 41 heavy (non-hydrogen) atoms. The minimum absolute atomic E-state index is 0.0106. The van der Waals surface area contributed by atoms with Gasteiger partial charge in [0.25, 0.3) is 5.91 Å². The molecule has 4 rings (SSSR count). The average Bonchev–Trinajstić information content (AvgIpc) is 3.33. The molecule has 1 amide bonds. The highest BCUT2D eigenvalue weighted by molar-refractivity contribution is 5.77. The molecule has 0 unspecified atom stereocenters. The van der Waals surface area contributed by atoms with Crippen molar-refractivity contribution >= 4 is 23.0 Å². The number of nitrogens with one attached hydrogen (secondary N) is 1. The zero-order valence-corrected chi connectivity index (χ0v) is 24.6. The molecule has 0 aliphatic rings. The molecule has 1 N–H and O–H groups in total. The number of ether oxygens (including phenoxy) is 3. The summed E-state index contributed by atoms with van der Waals surface area (Å²) >= 11 is 0. The zero-order chi connectivity index (χ0) is 29.0. The van der Waals surface area contributed by atoms with Gasteiger partial charge in [0.15, 0.2) is 18.1 Å². The number of methoxy groups -OCH3 is 1. The molecule has 7 heteroatoms. The van der Waals surface area contributed by atoms with E-state index in [0.29, 0.717) is 13.2 Å². The van der Waals surface area contributed by atoms with Crippen LogP contribution in [0, 0.1) is 13.8 Å². The minimum Gasteiger partial charge on any atom is -0.493 e. The van der Waals surface area contributed by atoms with Crippen molar-refractivity contribution in [2.75, 3.05) is 26.9 Å². The fourth-order valence-corrected chi connectivity index (χ4v) is 4.75. The van der Waals surface area contributed by atoms with Crippen LogP contribution in [-0.2, 0) is 17.8 Å². The van der Waals surface area contributed by atoms with Gasteiger partial charge in [-0.05, 0) is 87.1 Å². The van der Waals surface area contributed by atoms with Crippen LogP contribution in [0.3, 0.4) is 0 Å². The molecule has 0 radical (unpaired) electrons. The predicted octanol–water partition coefficient (Wildman–Crippen LogP) is 6.68. The van der Waals surface area contributed by atoms with E-state index in [1.807, 2.05) is 81.5 Å². The van der Waals surface area contributed by atoms with Gasteiger partial charge in [0.1, 0.15) is 11.6 Å². The Labute approximate surface area is 243 Å². The summed E-state index contributed by atoms with van der Waals surface area (Å²) in [5.74, 6) is 3.17. The number of imidazole rings is 1. The number of aromatic nitrogens is 2. The second kappa shape index (κ2) is 14.9. The SMILES string of the molecule is C/C=C/c1ccc(OCCCCn2c(CCCNC(=O)COc3cc(C)ccc3C)nc3ccccc32)c(OC)c1. The zero-order valence-electron chi connectivity index (χ0n) is 24.6. The number of hydrogen-bond donors (Lipinski definition) is 1. The standard InChI is InChI=1S/C34H41N3O4/c1-5-11-27-17-18-30(32(23-27)39-4)40-21-9-8-20-37-29-13-7-6-12-28(29)36-33(37)14-10-19-35-34(38)24-41-31-22-25(2)15-16-26(31)3/h5-7,11-13,15-18,22-23H,8-10,14,19-21,24H2,1-4H3,(H,35,38)/b11-5+. The number of nitrogens with zero attached hydrogens (tertiary/aromatic N) is 2. The smallest absolute Gasteiger partial charge is 0.257 e. The molecule has 0 spiro atoms. The lowest BCUT2D eigenvalue weighted by molar-refractivity contribution is -0.123. The van der Waals surface area contributed by atoms with Gasteiger partial charge < -0.3 is 24.1 Å². The number of para-hydroxylation sites is 2. The summed E-state index contributed by atoms with van der Waals surface area (Å²) in [5.41, 5.74) is 5.34. The van der Waals surface area contributed by atoms with E-state index >= 15 is 0 Å². The van der Waals surface area contributed by atoms with Crippen molar-refractivity contribution in [3.63, 3.8) is 0 Å². The maximum absolute atomic E-state index is 12.3. The lowest BCUT2D eigenvalue weighted by Crippen LogP contribution is -2.30. The van der Waals surface area contributed by atoms with Crippen molar-refractivity contribution in [3.05, 3.63) is 89.3 Å². The maximum Gasteiger partial charge on any atom is 0.257 e. The molecule has 0 saturated carbocycles. The van der Waals surface area contributed by atoms with Crippen LogP contribution >= 0.6 is 0 Å². The van der Waals surface area contributed by atoms with Crippen LogP contribution in [0.15, 0.2) is 66.7 Å². The Balaban J connectivity index is 1.25. The first kappa shape index (κ1) is 29.7. The number of hydrogen-bond acceptors (Lipinski definition) is 5. The molecule has 0 saturated heterocycles. The fourth-order valence-electron chi connectivity index (χ4n) is 4.75. The Morgan fingerprint density at radius 3 is 2.63 bits per heavy atom. The average molecular weight is 556 g/mol. The van der Waals surface area contributed by atoms with Gasteiger partial charge in [0.05, 0.1) is 24.8 Å². The third-order valence-electron chi connectivity index (χ3n) is 6.92. The Kier molecular flexibility index (Phi) is 10.8. The molecule has 0 aliphatic carbocycles. The van der Waals surface area contributed by atoms with E-state index in [2.05, 4.69) is 22.0 Å². The normalized spacial score (nSPS) is 11.2. The molecule has 0 aliphatic heterocycles. The number of rotatable bonds is 15. The predicted molar refractivity (Wildman–Crippen MR) is 165 cm³/mol. The highest BCUT2D eigenvalue weighted by Gasteiger charge is 2.11. The number of allylic oxidation sites excluding steroid dienone is 1. The molecule has 1 aromatic heterocycles. The van der Waals surface area contributed by atoms with Gasteiger partial charge in [0.2, 0.25) is 0 Å². The molecule has 7 nitrogen and oxygen atoms in total. The summed E-state index contributed by atoms with van der Waals surface area (Å²) in [4.78, 5) is 17.2. The van der Waals surface area contributed by atoms with Crippen molar-refractivity contribution in [2.24, 2.45) is 0 Å². The first-order valence-electron chi connectivity index (χ1n) is 14.3. The van der Waals surface area contributed by atoms with Crippen molar-refractivity contribution in [3.8, 4) is 17.2 Å². The van der Waals surface area contributed by atoms with Crippen LogP contribution in [-0.4, -0.2) is 42.3 Å². The number of benzene rings is 3. The topological polar surface area (TPSA) is 74.6 Å². The molecule has 4 aromatic rings. The summed E-state index contributed by atoms with van der Waals surface area (Å²) in [5, 5.41) is 2.97. The van der Waals surface area contributed by atoms with Gasteiger partial charge in [-0.1, -0.05) is 42.5 Å². The minimum atomic E-state index is -0.118. The molecule has 0 atom stereocenters. The maximum atomic E-state index is 12.3. The van der Waals surface area contributed by atoms with E-state index in [9.17, 15) is 4.79 Å². The number of unbranched alkanes of at least 4 members (excludes halogenated alkanes) is 1. The second-order valence-electron chi connectivity index (χ2n) is 10.1. The van der Waals surface area contributed by atoms with E-state index in [-0.39, 0.29) is 12.5 Å². The number of aryl methyl sites for hydroxylation is 4. The van der Waals surface area contributed by atoms with Crippen LogP contribution in [0.1, 0.15) is 48.7 Å². The first-order valence-corrected chi connectivity index (χ1v) is 14.3. The van der Waals surface area contributed by atoms with Crippen molar-refractivity contribution < 1.29 is 19.0 Å². The third kappa shape index (κ3) is 8.37. The molecule has 1 heterocycles. The van der Waals surface area contributed by atoms with E-state index < -0.39 is 0 Å². The first-order chi connectivity index (χ1) is 20.0. The van der Waals surface area contributed by atoms with E-state index in [0.717, 1.165) is 83.0 Å². The van der Waals surface area contributed by atoms with Crippen LogP contribution in [0.5, 0.6) is 17.2 Å². The van der Waals surface area contributed by atoms with Gasteiger partial charge in [-0.15, -0.1) is 0 Å². The largest absolute Gasteiger partial charge is 0.493 e. The molecule has 0 fully saturated rings. The molecule has 0 bridgehead atoms. The number of fused-ring (bicyclic) bond motifs is 1. The molecule has 216 valence electrons. The molecular weight excluding hydrogens is 514 g/mol. The van der Waals surface area contributed by atoms with Gasteiger partial charge in [0, 0.05) is 19.5 Å². The highest BCUT2D eigenvalue weighted by Crippen LogP contribution is 2.29. The van der Waals surface area contributed by atoms with Gasteiger partial charge in [-0.25, -0.2) is 4.98 Å². The number of carbonyl (C=O) groups excluding carboxylic acids is 1. The van der Waals surface area contributed by atoms with E-state index in [4.69, 9.17) is 19.2 Å². The summed E-state index contributed by atoms with van der Waals surface area (Å²) in [6.45, 7) is 8.03. The lowest BCUT2D eigenvalue weighted by Gasteiger charge is -2.13. The van der Waals surface area contributed by atoms with E-state index in [1.54, 1.807) is 7.11 Å². The van der Waals surface area contributed by atoms with Crippen LogP contribution in [0.4, 0.5) is 0 Å². The van der Waals surface area contributed by atoms with Gasteiger partial charge in [-0.3, -0.25) is 4.79 Å². The van der Waals surface area contributed by atoms with Crippen LogP contribution in [0.25, 0.3) is 17.1 Å². The summed E-state index contributed by atoms with van der Waals surface area (Å²) in [6.07, 6.45) is 7.47. The fraction of sp³-hybridized carbons (Fsp3) is 0.353. The van der Waals surface area contributed by atoms with Crippen LogP contribution < -0.4 is 19.5 Å².